The normalized spacial score (nSPS) is 11.8. The van der Waals surface area contributed by atoms with Crippen LogP contribution in [-0.2, 0) is 4.79 Å². The highest BCUT2D eigenvalue weighted by molar-refractivity contribution is 5.94. The monoisotopic (exact) mass is 327 g/mol. The van der Waals surface area contributed by atoms with Gasteiger partial charge < -0.3 is 10.6 Å². The highest BCUT2D eigenvalue weighted by atomic mass is 16.6. The molecule has 0 unspecified atom stereocenters. The van der Waals surface area contributed by atoms with Crippen LogP contribution in [0.15, 0.2) is 42.5 Å². The summed E-state index contributed by atoms with van der Waals surface area (Å²) in [6.07, 6.45) is 0. The summed E-state index contributed by atoms with van der Waals surface area (Å²) in [5.74, 6) is -0.316. The number of hydrogen-bond acceptors (Lipinski definition) is 4. The van der Waals surface area contributed by atoms with E-state index < -0.39 is 4.92 Å². The molecule has 2 aromatic rings. The Labute approximate surface area is 141 Å². The summed E-state index contributed by atoms with van der Waals surface area (Å²) < 4.78 is 0. The first-order chi connectivity index (χ1) is 11.4. The molecule has 2 aromatic carbocycles. The maximum atomic E-state index is 12.1. The van der Waals surface area contributed by atoms with Crippen LogP contribution in [0.3, 0.4) is 0 Å². The first-order valence-electron chi connectivity index (χ1n) is 7.72. The van der Waals surface area contributed by atoms with E-state index in [0.29, 0.717) is 0 Å². The lowest BCUT2D eigenvalue weighted by molar-refractivity contribution is -0.384. The molecular formula is C18H21N3O3. The van der Waals surface area contributed by atoms with Gasteiger partial charge in [0.15, 0.2) is 0 Å². The van der Waals surface area contributed by atoms with Crippen LogP contribution in [0.2, 0.25) is 0 Å². The lowest BCUT2D eigenvalue weighted by Crippen LogP contribution is -2.30. The number of nitro groups is 1. The van der Waals surface area contributed by atoms with E-state index in [0.717, 1.165) is 16.7 Å². The molecule has 0 saturated carbocycles. The third-order valence-corrected chi connectivity index (χ3v) is 3.95. The zero-order valence-corrected chi connectivity index (χ0v) is 14.0. The molecule has 24 heavy (non-hydrogen) atoms. The molecule has 0 heterocycles. The lowest BCUT2D eigenvalue weighted by Gasteiger charge is -2.14. The molecule has 0 bridgehead atoms. The molecule has 0 aliphatic rings. The number of carbonyl (C=O) groups excluding carboxylic acids is 1. The second-order valence-electron chi connectivity index (χ2n) is 5.77. The second kappa shape index (κ2) is 7.70. The molecule has 0 aliphatic carbocycles. The van der Waals surface area contributed by atoms with Crippen molar-refractivity contribution in [2.75, 3.05) is 11.9 Å². The van der Waals surface area contributed by atoms with Crippen LogP contribution in [-0.4, -0.2) is 17.4 Å². The van der Waals surface area contributed by atoms with Crippen molar-refractivity contribution in [2.45, 2.75) is 26.8 Å². The number of nitro benzene ring substituents is 1. The fraction of sp³-hybridized carbons (Fsp3) is 0.278. The highest BCUT2D eigenvalue weighted by Gasteiger charge is 2.17. The summed E-state index contributed by atoms with van der Waals surface area (Å²) in [5, 5.41) is 16.9. The van der Waals surface area contributed by atoms with Crippen molar-refractivity contribution >= 4 is 17.3 Å². The van der Waals surface area contributed by atoms with Gasteiger partial charge in [0.2, 0.25) is 5.91 Å². The van der Waals surface area contributed by atoms with E-state index in [1.165, 1.54) is 6.07 Å². The maximum Gasteiger partial charge on any atom is 0.293 e. The second-order valence-corrected chi connectivity index (χ2v) is 5.77. The van der Waals surface area contributed by atoms with E-state index in [9.17, 15) is 14.9 Å². The Balaban J connectivity index is 2.02. The number of hydrogen-bond donors (Lipinski definition) is 2. The van der Waals surface area contributed by atoms with Crippen LogP contribution >= 0.6 is 0 Å². The van der Waals surface area contributed by atoms with Gasteiger partial charge in [-0.25, -0.2) is 0 Å². The van der Waals surface area contributed by atoms with Crippen LogP contribution in [0.4, 0.5) is 11.4 Å². The van der Waals surface area contributed by atoms with Gasteiger partial charge in [0.05, 0.1) is 11.5 Å². The van der Waals surface area contributed by atoms with Crippen molar-refractivity contribution in [1.82, 2.24) is 5.32 Å². The molecule has 1 amide bonds. The minimum absolute atomic E-state index is 0.00619. The summed E-state index contributed by atoms with van der Waals surface area (Å²) in [4.78, 5) is 22.8. The summed E-state index contributed by atoms with van der Waals surface area (Å²) in [6, 6.07) is 12.9. The number of amides is 1. The zero-order chi connectivity index (χ0) is 17.7. The van der Waals surface area contributed by atoms with Crippen molar-refractivity contribution in [1.29, 1.82) is 0 Å². The predicted octanol–water partition coefficient (Wildman–Crippen LogP) is 3.50. The van der Waals surface area contributed by atoms with Gasteiger partial charge in [-0.05, 0) is 43.5 Å². The Morgan fingerprint density at radius 2 is 1.79 bits per heavy atom. The van der Waals surface area contributed by atoms with Gasteiger partial charge in [-0.1, -0.05) is 30.3 Å². The molecule has 0 spiro atoms. The fourth-order valence-electron chi connectivity index (χ4n) is 2.35. The fourth-order valence-corrected chi connectivity index (χ4v) is 2.35. The first kappa shape index (κ1) is 17.6. The molecule has 0 saturated heterocycles. The number of anilines is 1. The van der Waals surface area contributed by atoms with Gasteiger partial charge in [0.1, 0.15) is 5.69 Å². The molecule has 0 radical (unpaired) electrons. The molecule has 2 rings (SSSR count). The topological polar surface area (TPSA) is 84.3 Å². The third-order valence-electron chi connectivity index (χ3n) is 3.95. The molecule has 0 fully saturated rings. The maximum absolute atomic E-state index is 12.1. The Hall–Kier alpha value is -2.73. The van der Waals surface area contributed by atoms with Crippen LogP contribution in [0, 0.1) is 24.0 Å². The van der Waals surface area contributed by atoms with E-state index in [2.05, 4.69) is 10.6 Å². The van der Waals surface area contributed by atoms with Crippen LogP contribution in [0.5, 0.6) is 0 Å². The van der Waals surface area contributed by atoms with Gasteiger partial charge in [-0.2, -0.15) is 0 Å². The Kier molecular flexibility index (Phi) is 5.65. The van der Waals surface area contributed by atoms with Crippen molar-refractivity contribution in [2.24, 2.45) is 0 Å². The van der Waals surface area contributed by atoms with E-state index in [4.69, 9.17) is 0 Å². The van der Waals surface area contributed by atoms with Gasteiger partial charge in [0.25, 0.3) is 5.69 Å². The summed E-state index contributed by atoms with van der Waals surface area (Å²) >= 11 is 0. The molecule has 0 aliphatic heterocycles. The van der Waals surface area contributed by atoms with E-state index in [1.807, 2.05) is 44.2 Å². The summed E-state index contributed by atoms with van der Waals surface area (Å²) in [5.41, 5.74) is 2.91. The summed E-state index contributed by atoms with van der Waals surface area (Å²) in [6.45, 7) is 5.68. The number of carbonyl (C=O) groups is 1. The third kappa shape index (κ3) is 4.39. The van der Waals surface area contributed by atoms with Crippen LogP contribution < -0.4 is 10.6 Å². The molecule has 2 N–H and O–H groups in total. The lowest BCUT2D eigenvalue weighted by atomic mass is 10.1. The number of nitrogens with zero attached hydrogens (tertiary/aromatic N) is 1. The molecule has 6 heteroatoms. The van der Waals surface area contributed by atoms with E-state index in [-0.39, 0.29) is 29.9 Å². The largest absolute Gasteiger partial charge is 0.319 e. The van der Waals surface area contributed by atoms with Gasteiger partial charge in [-0.3, -0.25) is 14.9 Å². The predicted molar refractivity (Wildman–Crippen MR) is 94.1 cm³/mol. The number of benzene rings is 2. The molecular weight excluding hydrogens is 306 g/mol. The standard InChI is InChI=1S/C18H21N3O3/c1-12-9-16(17(21(23)24)10-13(12)2)20-18(22)11-19-14(3)15-7-5-4-6-8-15/h4-10,14,19H,11H2,1-3H3,(H,20,22)/t14-/m0/s1. The van der Waals surface area contributed by atoms with Crippen molar-refractivity contribution in [3.8, 4) is 0 Å². The van der Waals surface area contributed by atoms with Crippen LogP contribution in [0.25, 0.3) is 0 Å². The van der Waals surface area contributed by atoms with Crippen molar-refractivity contribution in [3.63, 3.8) is 0 Å². The van der Waals surface area contributed by atoms with Crippen LogP contribution in [0.1, 0.15) is 29.7 Å². The van der Waals surface area contributed by atoms with Crippen molar-refractivity contribution in [3.05, 3.63) is 69.3 Å². The van der Waals surface area contributed by atoms with Gasteiger partial charge in [0, 0.05) is 12.1 Å². The summed E-state index contributed by atoms with van der Waals surface area (Å²) in [7, 11) is 0. The SMILES string of the molecule is Cc1cc(NC(=O)CN[C@@H](C)c2ccccc2)c([N+](=O)[O-])cc1C. The van der Waals surface area contributed by atoms with E-state index >= 15 is 0 Å². The van der Waals surface area contributed by atoms with E-state index in [1.54, 1.807) is 13.0 Å². The molecule has 126 valence electrons. The number of aryl methyl sites for hydroxylation is 2. The Morgan fingerprint density at radius 3 is 2.42 bits per heavy atom. The average Bonchev–Trinajstić information content (AvgIpc) is 2.56. The van der Waals surface area contributed by atoms with Gasteiger partial charge in [-0.15, -0.1) is 0 Å². The average molecular weight is 327 g/mol. The molecule has 1 atom stereocenters. The molecule has 0 aromatic heterocycles. The van der Waals surface area contributed by atoms with Crippen molar-refractivity contribution < 1.29 is 9.72 Å². The number of rotatable bonds is 6. The minimum Gasteiger partial charge on any atom is -0.319 e. The highest BCUT2D eigenvalue weighted by Crippen LogP contribution is 2.27. The van der Waals surface area contributed by atoms with Gasteiger partial charge >= 0.3 is 0 Å². The zero-order valence-electron chi connectivity index (χ0n) is 14.0. The minimum atomic E-state index is -0.484. The first-order valence-corrected chi connectivity index (χ1v) is 7.72. The quantitative estimate of drug-likeness (QED) is 0.628. The Bertz CT molecular complexity index is 745. The molecule has 6 nitrogen and oxygen atoms in total. The number of nitrogens with one attached hydrogen (secondary N) is 2. The Morgan fingerprint density at radius 1 is 1.17 bits per heavy atom. The smallest absolute Gasteiger partial charge is 0.293 e.